The maximum atomic E-state index is 14.5. The Morgan fingerprint density at radius 2 is 1.67 bits per heavy atom. The van der Waals surface area contributed by atoms with Gasteiger partial charge in [-0.25, -0.2) is 9.37 Å². The Hall–Kier alpha value is -5.13. The standard InChI is InChI=1S/C51H70FN7O7S/c1-12-30(4)44(58(9)43(29(2)3)48(63)57-50(64)51(7,8)53)40(65-10)28-42(60)59-24-16-19-39(59)45(66-11)32(6)46(61)55-38(26-33-17-14-13-15-18-33)47(62)54-36-22-20-34(25-31(36)5)49-56-37-27-35(52)21-23-41(37)67-49/h13-15,17-18,20-23,25,27,29-30,32,38-40,43-45H,12,16,19,24,26,28,53H2,1-11H3,(H,54,62)(H,55,61)(H,57,63,64)/t30-,32+,38-,39-,40+,43-,44-,45+/m0/s1. The van der Waals surface area contributed by atoms with E-state index in [-0.39, 0.29) is 42.4 Å². The number of likely N-dealkylation sites (tertiary alicyclic amines) is 1. The lowest BCUT2D eigenvalue weighted by molar-refractivity contribution is -0.144. The predicted molar refractivity (Wildman–Crippen MR) is 262 cm³/mol. The van der Waals surface area contributed by atoms with E-state index in [0.29, 0.717) is 30.6 Å². The number of anilines is 1. The first-order valence-corrected chi connectivity index (χ1v) is 24.0. The van der Waals surface area contributed by atoms with Crippen molar-refractivity contribution in [3.63, 3.8) is 0 Å². The number of hydrogen-bond donors (Lipinski definition) is 4. The molecular weight excluding hydrogens is 874 g/mol. The Morgan fingerprint density at radius 3 is 2.28 bits per heavy atom. The second-order valence-corrected chi connectivity index (χ2v) is 20.0. The molecule has 0 aliphatic carbocycles. The summed E-state index contributed by atoms with van der Waals surface area (Å²) in [5.74, 6) is -3.35. The summed E-state index contributed by atoms with van der Waals surface area (Å²) in [6.07, 6.45) is 0.944. The van der Waals surface area contributed by atoms with Crippen LogP contribution in [0.2, 0.25) is 0 Å². The fourth-order valence-corrected chi connectivity index (χ4v) is 10.2. The van der Waals surface area contributed by atoms with Crippen molar-refractivity contribution in [3.8, 4) is 10.6 Å². The highest BCUT2D eigenvalue weighted by Gasteiger charge is 2.44. The molecule has 1 aliphatic heterocycles. The molecule has 4 aromatic rings. The third-order valence-corrected chi connectivity index (χ3v) is 14.2. The molecule has 1 saturated heterocycles. The number of halogens is 1. The SMILES string of the molecule is CC[C@H](C)[C@@H]([C@@H](CC(=O)N1CCC[C@H]1[C@H](OC)[C@@H](C)C(=O)N[C@@H](Cc1ccccc1)C(=O)Nc1ccc(-c2nc3cc(F)ccc3s2)cc1C)OC)N(C)[C@H](C(=O)NC(=O)C(C)(C)N)C(C)C. The molecule has 0 unspecified atom stereocenters. The molecule has 1 aliphatic rings. The smallest absolute Gasteiger partial charge is 0.247 e. The summed E-state index contributed by atoms with van der Waals surface area (Å²) in [5, 5.41) is 9.28. The molecule has 0 bridgehead atoms. The first-order chi connectivity index (χ1) is 31.7. The van der Waals surface area contributed by atoms with E-state index in [1.165, 1.54) is 44.4 Å². The van der Waals surface area contributed by atoms with Gasteiger partial charge in [-0.2, -0.15) is 0 Å². The van der Waals surface area contributed by atoms with Crippen LogP contribution in [0.1, 0.15) is 85.3 Å². The van der Waals surface area contributed by atoms with E-state index in [1.807, 2.05) is 82.1 Å². The number of aryl methyl sites for hydroxylation is 1. The highest BCUT2D eigenvalue weighted by molar-refractivity contribution is 7.21. The van der Waals surface area contributed by atoms with Crippen molar-refractivity contribution in [3.05, 3.63) is 83.7 Å². The lowest BCUT2D eigenvalue weighted by atomic mass is 9.87. The van der Waals surface area contributed by atoms with Gasteiger partial charge in [0.1, 0.15) is 16.9 Å². The summed E-state index contributed by atoms with van der Waals surface area (Å²) < 4.78 is 26.9. The Labute approximate surface area is 398 Å². The second kappa shape index (κ2) is 23.3. The largest absolute Gasteiger partial charge is 0.379 e. The maximum Gasteiger partial charge on any atom is 0.247 e. The van der Waals surface area contributed by atoms with Gasteiger partial charge in [-0.15, -0.1) is 11.3 Å². The number of fused-ring (bicyclic) bond motifs is 1. The lowest BCUT2D eigenvalue weighted by Gasteiger charge is -2.43. The molecule has 3 aromatic carbocycles. The maximum absolute atomic E-state index is 14.5. The van der Waals surface area contributed by atoms with Crippen molar-refractivity contribution in [1.29, 1.82) is 0 Å². The molecule has 0 spiro atoms. The number of methoxy groups -OCH3 is 2. The van der Waals surface area contributed by atoms with Crippen LogP contribution in [-0.4, -0.2) is 114 Å². The molecule has 67 heavy (non-hydrogen) atoms. The molecule has 0 radical (unpaired) electrons. The summed E-state index contributed by atoms with van der Waals surface area (Å²) in [4.78, 5) is 77.7. The molecule has 2 heterocycles. The minimum atomic E-state index is -1.25. The van der Waals surface area contributed by atoms with E-state index in [4.69, 9.17) is 15.2 Å². The highest BCUT2D eigenvalue weighted by Crippen LogP contribution is 2.34. The summed E-state index contributed by atoms with van der Waals surface area (Å²) in [6.45, 7) is 15.1. The number of rotatable bonds is 21. The Balaban J connectivity index is 1.31. The van der Waals surface area contributed by atoms with Gasteiger partial charge in [-0.05, 0) is 94.0 Å². The lowest BCUT2D eigenvalue weighted by Crippen LogP contribution is -2.60. The van der Waals surface area contributed by atoms with E-state index >= 15 is 0 Å². The first-order valence-electron chi connectivity index (χ1n) is 23.2. The quantitative estimate of drug-likeness (QED) is 0.0687. The van der Waals surface area contributed by atoms with Crippen LogP contribution in [0.15, 0.2) is 66.7 Å². The van der Waals surface area contributed by atoms with Crippen molar-refractivity contribution in [2.45, 2.75) is 129 Å². The average Bonchev–Trinajstić information content (AvgIpc) is 3.94. The molecular formula is C51H70FN7O7S. The fourth-order valence-electron chi connectivity index (χ4n) is 9.23. The van der Waals surface area contributed by atoms with E-state index in [1.54, 1.807) is 31.1 Å². The molecule has 364 valence electrons. The fraction of sp³-hybridized carbons (Fsp3) is 0.529. The van der Waals surface area contributed by atoms with Gasteiger partial charge in [0.25, 0.3) is 0 Å². The monoisotopic (exact) mass is 944 g/mol. The van der Waals surface area contributed by atoms with E-state index in [9.17, 15) is 28.4 Å². The summed E-state index contributed by atoms with van der Waals surface area (Å²) in [7, 11) is 4.92. The van der Waals surface area contributed by atoms with Gasteiger partial charge in [0.05, 0.1) is 52.4 Å². The van der Waals surface area contributed by atoms with Crippen molar-refractivity contribution in [2.24, 2.45) is 23.5 Å². The predicted octanol–water partition coefficient (Wildman–Crippen LogP) is 6.88. The van der Waals surface area contributed by atoms with Crippen LogP contribution in [0.5, 0.6) is 0 Å². The number of carbonyl (C=O) groups excluding carboxylic acids is 5. The molecule has 8 atom stereocenters. The number of carbonyl (C=O) groups is 5. The van der Waals surface area contributed by atoms with Crippen molar-refractivity contribution in [1.82, 2.24) is 25.4 Å². The van der Waals surface area contributed by atoms with Gasteiger partial charge < -0.3 is 30.7 Å². The molecule has 5 rings (SSSR count). The van der Waals surface area contributed by atoms with Crippen LogP contribution >= 0.6 is 11.3 Å². The topological polar surface area (TPSA) is 185 Å². The molecule has 1 fully saturated rings. The number of likely N-dealkylation sites (N-methyl/N-ethyl adjacent to an activating group) is 1. The van der Waals surface area contributed by atoms with Crippen LogP contribution in [0.25, 0.3) is 20.8 Å². The van der Waals surface area contributed by atoms with Crippen LogP contribution in [0.3, 0.4) is 0 Å². The number of amides is 5. The third-order valence-electron chi connectivity index (χ3n) is 13.1. The molecule has 14 nitrogen and oxygen atoms in total. The van der Waals surface area contributed by atoms with Gasteiger partial charge >= 0.3 is 0 Å². The zero-order valence-electron chi connectivity index (χ0n) is 40.9. The van der Waals surface area contributed by atoms with E-state index in [2.05, 4.69) is 27.9 Å². The second-order valence-electron chi connectivity index (χ2n) is 18.9. The number of aromatic nitrogens is 1. The Kier molecular flexibility index (Phi) is 18.3. The first kappa shape index (κ1) is 52.8. The highest BCUT2D eigenvalue weighted by atomic mass is 32.1. The van der Waals surface area contributed by atoms with Gasteiger partial charge in [0.15, 0.2) is 0 Å². The van der Waals surface area contributed by atoms with Crippen LogP contribution in [0, 0.1) is 30.5 Å². The molecule has 5 N–H and O–H groups in total. The van der Waals surface area contributed by atoms with E-state index in [0.717, 1.165) is 32.8 Å². The zero-order chi connectivity index (χ0) is 49.3. The minimum Gasteiger partial charge on any atom is -0.379 e. The molecule has 16 heteroatoms. The number of benzene rings is 3. The molecule has 1 aromatic heterocycles. The van der Waals surface area contributed by atoms with Gasteiger partial charge in [-0.1, -0.05) is 71.4 Å². The number of nitrogens with zero attached hydrogens (tertiary/aromatic N) is 3. The summed E-state index contributed by atoms with van der Waals surface area (Å²) in [5.41, 5.74) is 8.36. The number of nitrogens with one attached hydrogen (secondary N) is 3. The number of hydrogen-bond acceptors (Lipinski definition) is 11. The number of imide groups is 1. The minimum absolute atomic E-state index is 0.00482. The molecule has 5 amide bonds. The van der Waals surface area contributed by atoms with Crippen molar-refractivity contribution >= 4 is 56.8 Å². The third kappa shape index (κ3) is 13.1. The van der Waals surface area contributed by atoms with Crippen LogP contribution < -0.4 is 21.7 Å². The van der Waals surface area contributed by atoms with Crippen molar-refractivity contribution < 1.29 is 37.8 Å². The Bertz CT molecular complexity index is 2350. The summed E-state index contributed by atoms with van der Waals surface area (Å²) in [6, 6.07) is 17.0. The van der Waals surface area contributed by atoms with Crippen LogP contribution in [-0.2, 0) is 39.9 Å². The van der Waals surface area contributed by atoms with Crippen molar-refractivity contribution in [2.75, 3.05) is 33.1 Å². The number of nitrogens with two attached hydrogens (primary N) is 1. The normalized spacial score (nSPS) is 17.4. The van der Waals surface area contributed by atoms with E-state index < -0.39 is 65.4 Å². The number of ether oxygens (including phenoxy) is 2. The van der Waals surface area contributed by atoms with Gasteiger partial charge in [0.2, 0.25) is 29.5 Å². The Morgan fingerprint density at radius 1 is 0.970 bits per heavy atom. The summed E-state index contributed by atoms with van der Waals surface area (Å²) >= 11 is 1.45. The van der Waals surface area contributed by atoms with Gasteiger partial charge in [0, 0.05) is 50.5 Å². The molecule has 0 saturated carbocycles. The zero-order valence-corrected chi connectivity index (χ0v) is 41.7. The van der Waals surface area contributed by atoms with Gasteiger partial charge in [-0.3, -0.25) is 34.2 Å². The average molecular weight is 944 g/mol. The number of thiazole rings is 1. The van der Waals surface area contributed by atoms with Crippen LogP contribution in [0.4, 0.5) is 10.1 Å².